The van der Waals surface area contributed by atoms with E-state index in [-0.39, 0.29) is 29.4 Å². The molecule has 6 nitrogen and oxygen atoms in total. The van der Waals surface area contributed by atoms with Crippen LogP contribution in [0.3, 0.4) is 0 Å². The van der Waals surface area contributed by atoms with Gasteiger partial charge in [0.25, 0.3) is 0 Å². The fourth-order valence-electron chi connectivity index (χ4n) is 2.12. The highest BCUT2D eigenvalue weighted by Crippen LogP contribution is 2.28. The molecule has 0 fully saturated rings. The molecule has 27 heavy (non-hydrogen) atoms. The van der Waals surface area contributed by atoms with E-state index in [1.807, 2.05) is 0 Å². The molecule has 1 aromatic carbocycles. The Bertz CT molecular complexity index is 936. The number of esters is 2. The molecule has 0 spiro atoms. The van der Waals surface area contributed by atoms with E-state index in [1.165, 1.54) is 18.2 Å². The number of furan rings is 1. The molecule has 2 rings (SSSR count). The predicted molar refractivity (Wildman–Crippen MR) is 99.9 cm³/mol. The Morgan fingerprint density at radius 1 is 1.30 bits per heavy atom. The van der Waals surface area contributed by atoms with Gasteiger partial charge >= 0.3 is 11.9 Å². The Balaban J connectivity index is 2.31. The first-order valence-electron chi connectivity index (χ1n) is 7.96. The number of halogens is 1. The number of carbonyl (C=O) groups excluding carboxylic acids is 2. The summed E-state index contributed by atoms with van der Waals surface area (Å²) >= 11 is 6.06. The van der Waals surface area contributed by atoms with Gasteiger partial charge < -0.3 is 13.9 Å². The van der Waals surface area contributed by atoms with E-state index in [9.17, 15) is 9.59 Å². The SMILES string of the molecule is C=CCOC(=O)c1cc(-c2ccc(/C=C(\C#N)C(=O)OCC)o2)ccc1Cl. The maximum Gasteiger partial charge on any atom is 0.349 e. The van der Waals surface area contributed by atoms with Crippen LogP contribution in [-0.2, 0) is 14.3 Å². The van der Waals surface area contributed by atoms with Crippen LogP contribution in [-0.4, -0.2) is 25.2 Å². The van der Waals surface area contributed by atoms with E-state index in [0.29, 0.717) is 17.1 Å². The molecule has 2 aromatic rings. The van der Waals surface area contributed by atoms with Crippen molar-refractivity contribution in [1.29, 1.82) is 5.26 Å². The van der Waals surface area contributed by atoms with E-state index in [2.05, 4.69) is 6.58 Å². The first kappa shape index (κ1) is 20.0. The molecule has 1 aromatic heterocycles. The molecule has 0 atom stereocenters. The van der Waals surface area contributed by atoms with Gasteiger partial charge in [0, 0.05) is 11.6 Å². The molecular formula is C20H16ClNO5. The van der Waals surface area contributed by atoms with Crippen molar-refractivity contribution in [3.05, 3.63) is 64.9 Å². The Labute approximate surface area is 161 Å². The average Bonchev–Trinajstić information content (AvgIpc) is 3.13. The van der Waals surface area contributed by atoms with Gasteiger partial charge in [0.15, 0.2) is 0 Å². The lowest BCUT2D eigenvalue weighted by atomic mass is 10.1. The van der Waals surface area contributed by atoms with Gasteiger partial charge in [-0.2, -0.15) is 5.26 Å². The number of nitrogens with zero attached hydrogens (tertiary/aromatic N) is 1. The van der Waals surface area contributed by atoms with Crippen LogP contribution in [0.2, 0.25) is 5.02 Å². The van der Waals surface area contributed by atoms with Crippen molar-refractivity contribution < 1.29 is 23.5 Å². The monoisotopic (exact) mass is 385 g/mol. The number of hydrogen-bond donors (Lipinski definition) is 0. The standard InChI is InChI=1S/C20H16ClNO5/c1-3-9-26-20(24)16-11-13(5-7-17(16)21)18-8-6-15(27-18)10-14(12-22)19(23)25-4-2/h3,5-8,10-11H,1,4,9H2,2H3/b14-10+. The number of rotatable bonds is 7. The maximum atomic E-state index is 12.1. The number of ether oxygens (including phenoxy) is 2. The van der Waals surface area contributed by atoms with Crippen molar-refractivity contribution in [2.24, 2.45) is 0 Å². The summed E-state index contributed by atoms with van der Waals surface area (Å²) in [6.07, 6.45) is 2.74. The van der Waals surface area contributed by atoms with E-state index >= 15 is 0 Å². The van der Waals surface area contributed by atoms with Gasteiger partial charge in [0.2, 0.25) is 0 Å². The fraction of sp³-hybridized carbons (Fsp3) is 0.150. The fourth-order valence-corrected chi connectivity index (χ4v) is 2.32. The molecule has 0 N–H and O–H groups in total. The van der Waals surface area contributed by atoms with Crippen molar-refractivity contribution in [2.75, 3.05) is 13.2 Å². The molecule has 0 aliphatic rings. The lowest BCUT2D eigenvalue weighted by molar-refractivity contribution is -0.137. The molecular weight excluding hydrogens is 370 g/mol. The highest BCUT2D eigenvalue weighted by atomic mass is 35.5. The molecule has 0 saturated carbocycles. The van der Waals surface area contributed by atoms with Crippen LogP contribution >= 0.6 is 11.6 Å². The summed E-state index contributed by atoms with van der Waals surface area (Å²) in [7, 11) is 0. The summed E-state index contributed by atoms with van der Waals surface area (Å²) in [5, 5.41) is 9.32. The van der Waals surface area contributed by atoms with Gasteiger partial charge in [0.05, 0.1) is 17.2 Å². The number of hydrogen-bond acceptors (Lipinski definition) is 6. The number of carbonyl (C=O) groups is 2. The summed E-state index contributed by atoms with van der Waals surface area (Å²) in [6, 6.07) is 9.78. The highest BCUT2D eigenvalue weighted by molar-refractivity contribution is 6.33. The van der Waals surface area contributed by atoms with Crippen LogP contribution in [0.1, 0.15) is 23.0 Å². The predicted octanol–water partition coefficient (Wildman–Crippen LogP) is 4.41. The van der Waals surface area contributed by atoms with E-state index in [0.717, 1.165) is 0 Å². The lowest BCUT2D eigenvalue weighted by Gasteiger charge is -2.06. The third-order valence-corrected chi connectivity index (χ3v) is 3.66. The average molecular weight is 386 g/mol. The Hall–Kier alpha value is -3.30. The van der Waals surface area contributed by atoms with Crippen molar-refractivity contribution in [3.63, 3.8) is 0 Å². The molecule has 138 valence electrons. The first-order chi connectivity index (χ1) is 13.0. The molecule has 0 bridgehead atoms. The second-order valence-electron chi connectivity index (χ2n) is 5.17. The smallest absolute Gasteiger partial charge is 0.349 e. The summed E-state index contributed by atoms with van der Waals surface area (Å²) in [4.78, 5) is 23.7. The summed E-state index contributed by atoms with van der Waals surface area (Å²) in [6.45, 7) is 5.37. The van der Waals surface area contributed by atoms with Crippen LogP contribution in [0.4, 0.5) is 0 Å². The maximum absolute atomic E-state index is 12.1. The van der Waals surface area contributed by atoms with E-state index in [1.54, 1.807) is 37.3 Å². The lowest BCUT2D eigenvalue weighted by Crippen LogP contribution is -2.06. The zero-order valence-corrected chi connectivity index (χ0v) is 15.3. The van der Waals surface area contributed by atoms with Crippen LogP contribution in [0, 0.1) is 11.3 Å². The van der Waals surface area contributed by atoms with Gasteiger partial charge in [-0.05, 0) is 37.3 Å². The molecule has 0 radical (unpaired) electrons. The third kappa shape index (κ3) is 5.09. The molecule has 1 heterocycles. The minimum atomic E-state index is -0.725. The molecule has 0 aliphatic heterocycles. The van der Waals surface area contributed by atoms with Gasteiger partial charge in [-0.3, -0.25) is 0 Å². The largest absolute Gasteiger partial charge is 0.462 e. The Morgan fingerprint density at radius 2 is 2.07 bits per heavy atom. The summed E-state index contributed by atoms with van der Waals surface area (Å²) < 4.78 is 15.4. The van der Waals surface area contributed by atoms with Crippen molar-refractivity contribution >= 4 is 29.6 Å². The molecule has 0 unspecified atom stereocenters. The minimum Gasteiger partial charge on any atom is -0.462 e. The topological polar surface area (TPSA) is 89.5 Å². The molecule has 7 heteroatoms. The molecule has 0 amide bonds. The van der Waals surface area contributed by atoms with E-state index < -0.39 is 11.9 Å². The Morgan fingerprint density at radius 3 is 2.74 bits per heavy atom. The van der Waals surface area contributed by atoms with Crippen molar-refractivity contribution in [2.45, 2.75) is 6.92 Å². The van der Waals surface area contributed by atoms with Gasteiger partial charge in [-0.15, -0.1) is 0 Å². The quantitative estimate of drug-likeness (QED) is 0.303. The second-order valence-corrected chi connectivity index (χ2v) is 5.58. The van der Waals surface area contributed by atoms with Crippen LogP contribution < -0.4 is 0 Å². The van der Waals surface area contributed by atoms with Gasteiger partial charge in [-0.25, -0.2) is 9.59 Å². The van der Waals surface area contributed by atoms with Crippen molar-refractivity contribution in [3.8, 4) is 17.4 Å². The Kier molecular flexibility index (Phi) is 6.98. The van der Waals surface area contributed by atoms with Gasteiger partial charge in [-0.1, -0.05) is 24.3 Å². The molecule has 0 saturated heterocycles. The van der Waals surface area contributed by atoms with Crippen molar-refractivity contribution in [1.82, 2.24) is 0 Å². The number of benzene rings is 1. The first-order valence-corrected chi connectivity index (χ1v) is 8.34. The zero-order valence-electron chi connectivity index (χ0n) is 14.5. The van der Waals surface area contributed by atoms with Gasteiger partial charge in [0.1, 0.15) is 29.8 Å². The van der Waals surface area contributed by atoms with E-state index in [4.69, 9.17) is 30.8 Å². The highest BCUT2D eigenvalue weighted by Gasteiger charge is 2.15. The summed E-state index contributed by atoms with van der Waals surface area (Å²) in [5.74, 6) is -0.587. The zero-order chi connectivity index (χ0) is 19.8. The van der Waals surface area contributed by atoms with Crippen LogP contribution in [0.25, 0.3) is 17.4 Å². The normalized spacial score (nSPS) is 10.8. The minimum absolute atomic E-state index is 0.0693. The summed E-state index contributed by atoms with van der Waals surface area (Å²) in [5.41, 5.74) is 0.593. The van der Waals surface area contributed by atoms with Crippen LogP contribution in [0.5, 0.6) is 0 Å². The van der Waals surface area contributed by atoms with Crippen LogP contribution in [0.15, 0.2) is 53.0 Å². The number of nitriles is 1. The molecule has 0 aliphatic carbocycles. The second kappa shape index (κ2) is 9.41. The third-order valence-electron chi connectivity index (χ3n) is 3.33.